The van der Waals surface area contributed by atoms with E-state index in [1.54, 1.807) is 12.4 Å². The molecular formula is C10H11N3O. The normalized spacial score (nSPS) is 10.4. The van der Waals surface area contributed by atoms with Crippen molar-refractivity contribution in [2.24, 2.45) is 5.73 Å². The number of hydrogen-bond acceptors (Lipinski definition) is 4. The van der Waals surface area contributed by atoms with Crippen LogP contribution in [0, 0.1) is 0 Å². The lowest BCUT2D eigenvalue weighted by molar-refractivity contribution is 0.423. The fourth-order valence-electron chi connectivity index (χ4n) is 1.22. The van der Waals surface area contributed by atoms with Gasteiger partial charge in [-0.05, 0) is 18.7 Å². The van der Waals surface area contributed by atoms with Crippen molar-refractivity contribution in [3.05, 3.63) is 36.3 Å². The summed E-state index contributed by atoms with van der Waals surface area (Å²) in [6.07, 6.45) is 4.21. The van der Waals surface area contributed by atoms with Gasteiger partial charge in [-0.2, -0.15) is 0 Å². The van der Waals surface area contributed by atoms with Crippen molar-refractivity contribution in [3.63, 3.8) is 0 Å². The lowest BCUT2D eigenvalue weighted by atomic mass is 10.2. The zero-order valence-corrected chi connectivity index (χ0v) is 7.68. The fourth-order valence-corrected chi connectivity index (χ4v) is 1.22. The third kappa shape index (κ3) is 1.80. The van der Waals surface area contributed by atoms with Gasteiger partial charge in [0.1, 0.15) is 0 Å². The van der Waals surface area contributed by atoms with Crippen molar-refractivity contribution in [2.75, 3.05) is 6.54 Å². The lowest BCUT2D eigenvalue weighted by Gasteiger charge is -1.90. The second kappa shape index (κ2) is 4.02. The molecule has 0 atom stereocenters. The van der Waals surface area contributed by atoms with Crippen LogP contribution in [0.3, 0.4) is 0 Å². The fraction of sp³-hybridized carbons (Fsp3) is 0.200. The Hall–Kier alpha value is -1.68. The van der Waals surface area contributed by atoms with Gasteiger partial charge in [0, 0.05) is 30.4 Å². The predicted octanol–water partition coefficient (Wildman–Crippen LogP) is 1.24. The molecule has 0 amide bonds. The van der Waals surface area contributed by atoms with Gasteiger partial charge in [0.2, 0.25) is 0 Å². The van der Waals surface area contributed by atoms with Gasteiger partial charge < -0.3 is 10.3 Å². The average Bonchev–Trinajstić information content (AvgIpc) is 2.68. The molecule has 2 N–H and O–H groups in total. The van der Waals surface area contributed by atoms with Crippen LogP contribution >= 0.6 is 0 Å². The van der Waals surface area contributed by atoms with Crippen molar-refractivity contribution in [1.82, 2.24) is 10.1 Å². The molecule has 2 aromatic rings. The standard InChI is InChI=1S/C10H11N3O/c11-4-3-9-6-10(14-13-9)8-2-1-5-12-7-8/h1-2,5-7H,3-4,11H2. The van der Waals surface area contributed by atoms with Crippen LogP contribution in [0.5, 0.6) is 0 Å². The summed E-state index contributed by atoms with van der Waals surface area (Å²) in [6.45, 7) is 0.582. The summed E-state index contributed by atoms with van der Waals surface area (Å²) in [7, 11) is 0. The average molecular weight is 189 g/mol. The highest BCUT2D eigenvalue weighted by Crippen LogP contribution is 2.18. The molecule has 0 aliphatic carbocycles. The van der Waals surface area contributed by atoms with Crippen molar-refractivity contribution < 1.29 is 4.52 Å². The van der Waals surface area contributed by atoms with E-state index in [0.29, 0.717) is 6.54 Å². The summed E-state index contributed by atoms with van der Waals surface area (Å²) in [5.41, 5.74) is 7.23. The van der Waals surface area contributed by atoms with Crippen LogP contribution in [0.4, 0.5) is 0 Å². The molecule has 0 fully saturated rings. The molecule has 0 aliphatic heterocycles. The summed E-state index contributed by atoms with van der Waals surface area (Å²) in [6, 6.07) is 5.68. The van der Waals surface area contributed by atoms with Gasteiger partial charge in [-0.25, -0.2) is 0 Å². The van der Waals surface area contributed by atoms with Crippen LogP contribution in [0.2, 0.25) is 0 Å². The molecule has 2 rings (SSSR count). The first kappa shape index (κ1) is 8.90. The maximum atomic E-state index is 5.41. The number of rotatable bonds is 3. The first-order valence-corrected chi connectivity index (χ1v) is 4.46. The van der Waals surface area contributed by atoms with Crippen LogP contribution in [0.25, 0.3) is 11.3 Å². The molecule has 72 valence electrons. The molecule has 0 bridgehead atoms. The Morgan fingerprint density at radius 2 is 2.36 bits per heavy atom. The lowest BCUT2D eigenvalue weighted by Crippen LogP contribution is -2.02. The van der Waals surface area contributed by atoms with Crippen LogP contribution in [0.1, 0.15) is 5.69 Å². The van der Waals surface area contributed by atoms with Gasteiger partial charge in [-0.15, -0.1) is 0 Å². The minimum atomic E-state index is 0.582. The first-order valence-electron chi connectivity index (χ1n) is 4.46. The van der Waals surface area contributed by atoms with Crippen molar-refractivity contribution in [3.8, 4) is 11.3 Å². The molecule has 2 aromatic heterocycles. The molecule has 4 heteroatoms. The highest BCUT2D eigenvalue weighted by molar-refractivity contribution is 5.55. The highest BCUT2D eigenvalue weighted by atomic mass is 16.5. The Balaban J connectivity index is 2.25. The van der Waals surface area contributed by atoms with E-state index in [2.05, 4.69) is 10.1 Å². The van der Waals surface area contributed by atoms with Crippen LogP contribution < -0.4 is 5.73 Å². The summed E-state index contributed by atoms with van der Waals surface area (Å²) in [5, 5.41) is 3.90. The summed E-state index contributed by atoms with van der Waals surface area (Å²) < 4.78 is 5.16. The molecule has 0 radical (unpaired) electrons. The van der Waals surface area contributed by atoms with E-state index in [0.717, 1.165) is 23.4 Å². The Kier molecular flexibility index (Phi) is 2.55. The quantitative estimate of drug-likeness (QED) is 0.788. The highest BCUT2D eigenvalue weighted by Gasteiger charge is 2.05. The van der Waals surface area contributed by atoms with Gasteiger partial charge in [0.05, 0.1) is 5.69 Å². The molecule has 0 unspecified atom stereocenters. The van der Waals surface area contributed by atoms with Gasteiger partial charge in [-0.3, -0.25) is 4.98 Å². The number of hydrogen-bond donors (Lipinski definition) is 1. The van der Waals surface area contributed by atoms with E-state index < -0.39 is 0 Å². The maximum Gasteiger partial charge on any atom is 0.168 e. The van der Waals surface area contributed by atoms with E-state index in [1.807, 2.05) is 18.2 Å². The Bertz CT molecular complexity index is 397. The van der Waals surface area contributed by atoms with Crippen molar-refractivity contribution >= 4 is 0 Å². The molecule has 14 heavy (non-hydrogen) atoms. The third-order valence-electron chi connectivity index (χ3n) is 1.91. The van der Waals surface area contributed by atoms with E-state index in [4.69, 9.17) is 10.3 Å². The molecule has 2 heterocycles. The molecule has 0 saturated heterocycles. The molecule has 0 spiro atoms. The van der Waals surface area contributed by atoms with E-state index >= 15 is 0 Å². The monoisotopic (exact) mass is 189 g/mol. The largest absolute Gasteiger partial charge is 0.356 e. The van der Waals surface area contributed by atoms with E-state index in [1.165, 1.54) is 0 Å². The molecule has 0 aliphatic rings. The van der Waals surface area contributed by atoms with E-state index in [-0.39, 0.29) is 0 Å². The van der Waals surface area contributed by atoms with Gasteiger partial charge >= 0.3 is 0 Å². The molecule has 0 saturated carbocycles. The summed E-state index contributed by atoms with van der Waals surface area (Å²) in [4.78, 5) is 4.00. The minimum Gasteiger partial charge on any atom is -0.356 e. The number of pyridine rings is 1. The predicted molar refractivity (Wildman–Crippen MR) is 52.5 cm³/mol. The summed E-state index contributed by atoms with van der Waals surface area (Å²) >= 11 is 0. The van der Waals surface area contributed by atoms with Crippen LogP contribution in [0.15, 0.2) is 35.1 Å². The Morgan fingerprint density at radius 1 is 1.43 bits per heavy atom. The number of nitrogens with two attached hydrogens (primary N) is 1. The van der Waals surface area contributed by atoms with Crippen LogP contribution in [-0.4, -0.2) is 16.7 Å². The smallest absolute Gasteiger partial charge is 0.168 e. The number of nitrogens with zero attached hydrogens (tertiary/aromatic N) is 2. The van der Waals surface area contributed by atoms with Gasteiger partial charge in [0.15, 0.2) is 5.76 Å². The van der Waals surface area contributed by atoms with E-state index in [9.17, 15) is 0 Å². The topological polar surface area (TPSA) is 64.9 Å². The maximum absolute atomic E-state index is 5.41. The van der Waals surface area contributed by atoms with Gasteiger partial charge in [-0.1, -0.05) is 5.16 Å². The minimum absolute atomic E-state index is 0.582. The zero-order valence-electron chi connectivity index (χ0n) is 7.68. The first-order chi connectivity index (χ1) is 6.90. The zero-order chi connectivity index (χ0) is 9.80. The third-order valence-corrected chi connectivity index (χ3v) is 1.91. The Labute approximate surface area is 81.7 Å². The molecular weight excluding hydrogens is 178 g/mol. The van der Waals surface area contributed by atoms with Crippen LogP contribution in [-0.2, 0) is 6.42 Å². The SMILES string of the molecule is NCCc1cc(-c2cccnc2)on1. The molecule has 4 nitrogen and oxygen atoms in total. The molecule has 0 aromatic carbocycles. The second-order valence-electron chi connectivity index (χ2n) is 2.96. The summed E-state index contributed by atoms with van der Waals surface area (Å²) in [5.74, 6) is 0.738. The second-order valence-corrected chi connectivity index (χ2v) is 2.96. The van der Waals surface area contributed by atoms with Crippen molar-refractivity contribution in [1.29, 1.82) is 0 Å². The number of aromatic nitrogens is 2. The van der Waals surface area contributed by atoms with Crippen molar-refractivity contribution in [2.45, 2.75) is 6.42 Å². The Morgan fingerprint density at radius 3 is 3.07 bits per heavy atom. The van der Waals surface area contributed by atoms with Gasteiger partial charge in [0.25, 0.3) is 0 Å².